The van der Waals surface area contributed by atoms with Crippen LogP contribution >= 0.6 is 0 Å². The van der Waals surface area contributed by atoms with Gasteiger partial charge in [-0.25, -0.2) is 4.79 Å². The maximum Gasteiger partial charge on any atom is 0.326 e. The van der Waals surface area contributed by atoms with Crippen molar-refractivity contribution in [3.05, 3.63) is 0 Å². The Labute approximate surface area is 84.7 Å². The van der Waals surface area contributed by atoms with Crippen LogP contribution in [0.4, 0.5) is 0 Å². The lowest BCUT2D eigenvalue weighted by Gasteiger charge is -2.28. The first kappa shape index (κ1) is 12.9. The standard InChI is InChI=1S/C10H19NO3/c1-6(2)8(12)11-7(9(13)14)10(3,4)5/h6-7H,1-5H3,(H,11,12)(H,13,14)/t7-/m1/s1. The average molecular weight is 201 g/mol. The fourth-order valence-electron chi connectivity index (χ4n) is 0.958. The SMILES string of the molecule is CC(C)C(=O)N[C@H](C(=O)O)C(C)(C)C. The normalized spacial score (nSPS) is 13.9. The van der Waals surface area contributed by atoms with Crippen molar-refractivity contribution in [2.75, 3.05) is 0 Å². The van der Waals surface area contributed by atoms with Gasteiger partial charge in [-0.1, -0.05) is 34.6 Å². The largest absolute Gasteiger partial charge is 0.480 e. The molecule has 0 aromatic carbocycles. The van der Waals surface area contributed by atoms with Crippen molar-refractivity contribution in [3.8, 4) is 0 Å². The highest BCUT2D eigenvalue weighted by atomic mass is 16.4. The highest BCUT2D eigenvalue weighted by Gasteiger charge is 2.32. The van der Waals surface area contributed by atoms with Gasteiger partial charge in [0.05, 0.1) is 0 Å². The Morgan fingerprint density at radius 1 is 1.21 bits per heavy atom. The van der Waals surface area contributed by atoms with Crippen LogP contribution in [0.1, 0.15) is 34.6 Å². The number of carbonyl (C=O) groups excluding carboxylic acids is 1. The zero-order valence-electron chi connectivity index (χ0n) is 9.42. The molecule has 0 saturated heterocycles. The van der Waals surface area contributed by atoms with Crippen LogP contribution in [0.3, 0.4) is 0 Å². The number of carbonyl (C=O) groups is 2. The minimum atomic E-state index is -0.994. The second kappa shape index (κ2) is 4.44. The molecule has 1 amide bonds. The molecule has 0 fully saturated rings. The first-order valence-corrected chi connectivity index (χ1v) is 4.69. The summed E-state index contributed by atoms with van der Waals surface area (Å²) >= 11 is 0. The zero-order chi connectivity index (χ0) is 11.5. The molecule has 82 valence electrons. The Morgan fingerprint density at radius 3 is 1.86 bits per heavy atom. The molecule has 0 aliphatic rings. The lowest BCUT2D eigenvalue weighted by molar-refractivity contribution is -0.145. The molecule has 0 saturated carbocycles. The molecule has 1 atom stereocenters. The number of nitrogens with one attached hydrogen (secondary N) is 1. The molecule has 0 aromatic heterocycles. The highest BCUT2D eigenvalue weighted by Crippen LogP contribution is 2.19. The maximum atomic E-state index is 11.3. The quantitative estimate of drug-likeness (QED) is 0.722. The van der Waals surface area contributed by atoms with Crippen molar-refractivity contribution in [2.45, 2.75) is 40.7 Å². The van der Waals surface area contributed by atoms with Crippen LogP contribution in [0.25, 0.3) is 0 Å². The summed E-state index contributed by atoms with van der Waals surface area (Å²) in [5, 5.41) is 11.4. The second-order valence-corrected chi connectivity index (χ2v) is 4.80. The maximum absolute atomic E-state index is 11.3. The number of hydrogen-bond acceptors (Lipinski definition) is 2. The fraction of sp³-hybridized carbons (Fsp3) is 0.800. The molecule has 4 heteroatoms. The molecule has 0 rings (SSSR count). The summed E-state index contributed by atoms with van der Waals surface area (Å²) < 4.78 is 0. The Hall–Kier alpha value is -1.06. The van der Waals surface area contributed by atoms with Gasteiger partial charge >= 0.3 is 5.97 Å². The van der Waals surface area contributed by atoms with E-state index in [1.807, 2.05) is 0 Å². The topological polar surface area (TPSA) is 66.4 Å². The summed E-state index contributed by atoms with van der Waals surface area (Å²) in [6.45, 7) is 8.82. The molecule has 4 nitrogen and oxygen atoms in total. The Bertz CT molecular complexity index is 228. The third kappa shape index (κ3) is 3.77. The number of aliphatic carboxylic acids is 1. The summed E-state index contributed by atoms with van der Waals surface area (Å²) in [4.78, 5) is 22.2. The van der Waals surface area contributed by atoms with E-state index in [0.29, 0.717) is 0 Å². The van der Waals surface area contributed by atoms with Crippen LogP contribution in [-0.2, 0) is 9.59 Å². The van der Waals surface area contributed by atoms with E-state index < -0.39 is 17.4 Å². The third-order valence-corrected chi connectivity index (χ3v) is 1.92. The predicted octanol–water partition coefficient (Wildman–Crippen LogP) is 1.26. The Morgan fingerprint density at radius 2 is 1.64 bits per heavy atom. The third-order valence-electron chi connectivity index (χ3n) is 1.92. The number of rotatable bonds is 3. The molecule has 0 heterocycles. The van der Waals surface area contributed by atoms with Crippen molar-refractivity contribution in [1.82, 2.24) is 5.32 Å². The molecule has 0 unspecified atom stereocenters. The van der Waals surface area contributed by atoms with E-state index in [1.165, 1.54) is 0 Å². The predicted molar refractivity (Wildman–Crippen MR) is 53.9 cm³/mol. The van der Waals surface area contributed by atoms with Crippen LogP contribution in [-0.4, -0.2) is 23.0 Å². The smallest absolute Gasteiger partial charge is 0.326 e. The van der Waals surface area contributed by atoms with E-state index >= 15 is 0 Å². The van der Waals surface area contributed by atoms with Crippen molar-refractivity contribution in [3.63, 3.8) is 0 Å². The molecule has 0 bridgehead atoms. The van der Waals surface area contributed by atoms with Crippen molar-refractivity contribution >= 4 is 11.9 Å². The Kier molecular flexibility index (Phi) is 4.10. The molecule has 0 spiro atoms. The van der Waals surface area contributed by atoms with Crippen LogP contribution < -0.4 is 5.32 Å². The van der Waals surface area contributed by atoms with Gasteiger partial charge in [-0.3, -0.25) is 4.79 Å². The van der Waals surface area contributed by atoms with Gasteiger partial charge in [0.1, 0.15) is 6.04 Å². The van der Waals surface area contributed by atoms with Gasteiger partial charge in [0, 0.05) is 5.92 Å². The van der Waals surface area contributed by atoms with Gasteiger partial charge in [-0.05, 0) is 5.41 Å². The van der Waals surface area contributed by atoms with Crippen LogP contribution in [0.5, 0.6) is 0 Å². The molecular weight excluding hydrogens is 182 g/mol. The van der Waals surface area contributed by atoms with E-state index in [1.54, 1.807) is 34.6 Å². The van der Waals surface area contributed by atoms with Crippen molar-refractivity contribution < 1.29 is 14.7 Å². The van der Waals surface area contributed by atoms with E-state index in [0.717, 1.165) is 0 Å². The van der Waals surface area contributed by atoms with Crippen molar-refractivity contribution in [1.29, 1.82) is 0 Å². The Balaban J connectivity index is 4.56. The van der Waals surface area contributed by atoms with Gasteiger partial charge in [-0.2, -0.15) is 0 Å². The number of hydrogen-bond donors (Lipinski definition) is 2. The minimum Gasteiger partial charge on any atom is -0.480 e. The number of carboxylic acid groups (broad SMARTS) is 1. The van der Waals surface area contributed by atoms with Gasteiger partial charge in [0.15, 0.2) is 0 Å². The van der Waals surface area contributed by atoms with Crippen LogP contribution in [0.2, 0.25) is 0 Å². The van der Waals surface area contributed by atoms with Crippen LogP contribution in [0.15, 0.2) is 0 Å². The summed E-state index contributed by atoms with van der Waals surface area (Å²) in [5.74, 6) is -1.42. The summed E-state index contributed by atoms with van der Waals surface area (Å²) in [6.07, 6.45) is 0. The highest BCUT2D eigenvalue weighted by molar-refractivity contribution is 5.85. The van der Waals surface area contributed by atoms with Crippen LogP contribution in [0, 0.1) is 11.3 Å². The molecule has 0 radical (unpaired) electrons. The molecular formula is C10H19NO3. The second-order valence-electron chi connectivity index (χ2n) is 4.80. The van der Waals surface area contributed by atoms with Crippen molar-refractivity contribution in [2.24, 2.45) is 11.3 Å². The lowest BCUT2D eigenvalue weighted by Crippen LogP contribution is -2.50. The monoisotopic (exact) mass is 201 g/mol. The van der Waals surface area contributed by atoms with E-state index in [4.69, 9.17) is 5.11 Å². The minimum absolute atomic E-state index is 0.195. The number of amides is 1. The van der Waals surface area contributed by atoms with Gasteiger partial charge in [0.25, 0.3) is 0 Å². The molecule has 0 aliphatic heterocycles. The van der Waals surface area contributed by atoms with Gasteiger partial charge in [0.2, 0.25) is 5.91 Å². The van der Waals surface area contributed by atoms with Gasteiger partial charge in [-0.15, -0.1) is 0 Å². The fourth-order valence-corrected chi connectivity index (χ4v) is 0.958. The first-order valence-electron chi connectivity index (χ1n) is 4.69. The molecule has 0 aromatic rings. The van der Waals surface area contributed by atoms with Gasteiger partial charge < -0.3 is 10.4 Å². The van der Waals surface area contributed by atoms with E-state index in [-0.39, 0.29) is 11.8 Å². The molecule has 0 aliphatic carbocycles. The summed E-state index contributed by atoms with van der Waals surface area (Å²) in [6, 6.07) is -0.836. The van der Waals surface area contributed by atoms with E-state index in [9.17, 15) is 9.59 Å². The molecule has 14 heavy (non-hydrogen) atoms. The summed E-state index contributed by atoms with van der Waals surface area (Å²) in [7, 11) is 0. The number of carboxylic acids is 1. The zero-order valence-corrected chi connectivity index (χ0v) is 9.42. The average Bonchev–Trinajstić information content (AvgIpc) is 1.96. The molecule has 2 N–H and O–H groups in total. The lowest BCUT2D eigenvalue weighted by atomic mass is 9.86. The summed E-state index contributed by atoms with van der Waals surface area (Å²) in [5.41, 5.74) is -0.476. The first-order chi connectivity index (χ1) is 6.16. The van der Waals surface area contributed by atoms with E-state index in [2.05, 4.69) is 5.32 Å².